The lowest BCUT2D eigenvalue weighted by Gasteiger charge is -2.26. The molecular weight excluding hydrogens is 316 g/mol. The molecule has 0 aromatic heterocycles. The smallest absolute Gasteiger partial charge is 0.251 e. The van der Waals surface area contributed by atoms with Gasteiger partial charge >= 0.3 is 0 Å². The van der Waals surface area contributed by atoms with Gasteiger partial charge in [-0.2, -0.15) is 0 Å². The first-order valence-corrected chi connectivity index (χ1v) is 9.84. The summed E-state index contributed by atoms with van der Waals surface area (Å²) in [6, 6.07) is 8.07. The van der Waals surface area contributed by atoms with Gasteiger partial charge in [0.1, 0.15) is 0 Å². The molecule has 2 fully saturated rings. The van der Waals surface area contributed by atoms with Crippen LogP contribution in [0.5, 0.6) is 0 Å². The Morgan fingerprint density at radius 1 is 1.18 bits per heavy atom. The maximum Gasteiger partial charge on any atom is 0.251 e. The van der Waals surface area contributed by atoms with Crippen molar-refractivity contribution >= 4 is 29.4 Å². The second-order valence-corrected chi connectivity index (χ2v) is 8.13. The number of carbonyl (C=O) groups is 1. The quantitative estimate of drug-likeness (QED) is 0.892. The molecule has 0 unspecified atom stereocenters. The summed E-state index contributed by atoms with van der Waals surface area (Å²) in [5.41, 5.74) is 2.07. The van der Waals surface area contributed by atoms with Crippen LogP contribution in [0, 0.1) is 0 Å². The van der Waals surface area contributed by atoms with Crippen LogP contribution >= 0.6 is 23.5 Å². The molecule has 0 radical (unpaired) electrons. The monoisotopic (exact) mass is 338 g/mol. The van der Waals surface area contributed by atoms with E-state index in [0.29, 0.717) is 11.1 Å². The summed E-state index contributed by atoms with van der Waals surface area (Å²) in [7, 11) is 0. The molecule has 120 valence electrons. The zero-order chi connectivity index (χ0) is 15.2. The molecule has 0 bridgehead atoms. The molecule has 4 nitrogen and oxygen atoms in total. The third kappa shape index (κ3) is 4.41. The van der Waals surface area contributed by atoms with E-state index < -0.39 is 0 Å². The van der Waals surface area contributed by atoms with E-state index in [4.69, 9.17) is 4.74 Å². The summed E-state index contributed by atoms with van der Waals surface area (Å²) in [5.74, 6) is 2.46. The highest BCUT2D eigenvalue weighted by Gasteiger charge is 2.18. The molecule has 2 aliphatic rings. The molecule has 0 spiro atoms. The Hall–Kier alpha value is -0.690. The lowest BCUT2D eigenvalue weighted by molar-refractivity contribution is 0.0383. The standard InChI is InChI=1S/C16H22N2O2S2/c19-15(17-5-6-18-7-9-20-10-8-18)13-1-3-14(4-2-13)16-21-11-12-22-16/h1-4,16H,5-12H2,(H,17,19). The number of carbonyl (C=O) groups excluding carboxylic acids is 1. The van der Waals surface area contributed by atoms with Gasteiger partial charge in [-0.25, -0.2) is 0 Å². The SMILES string of the molecule is O=C(NCCN1CCOCC1)c1ccc(C2SCCS2)cc1. The Bertz CT molecular complexity index is 483. The zero-order valence-electron chi connectivity index (χ0n) is 12.6. The minimum atomic E-state index is 0.0199. The molecule has 1 aromatic rings. The highest BCUT2D eigenvalue weighted by atomic mass is 32.2. The fourth-order valence-corrected chi connectivity index (χ4v) is 5.46. The van der Waals surface area contributed by atoms with Crippen molar-refractivity contribution in [3.8, 4) is 0 Å². The number of morpholine rings is 1. The maximum atomic E-state index is 12.2. The average molecular weight is 338 g/mol. The average Bonchev–Trinajstić information content (AvgIpc) is 3.10. The van der Waals surface area contributed by atoms with Gasteiger partial charge in [0.05, 0.1) is 17.8 Å². The van der Waals surface area contributed by atoms with Gasteiger partial charge in [-0.1, -0.05) is 12.1 Å². The predicted octanol–water partition coefficient (Wildman–Crippen LogP) is 2.23. The van der Waals surface area contributed by atoms with E-state index in [9.17, 15) is 4.79 Å². The van der Waals surface area contributed by atoms with Crippen LogP contribution in [0.1, 0.15) is 20.5 Å². The highest BCUT2D eigenvalue weighted by Crippen LogP contribution is 2.45. The Morgan fingerprint density at radius 3 is 2.55 bits per heavy atom. The lowest BCUT2D eigenvalue weighted by atomic mass is 10.1. The zero-order valence-corrected chi connectivity index (χ0v) is 14.3. The van der Waals surface area contributed by atoms with Crippen molar-refractivity contribution in [1.29, 1.82) is 0 Å². The van der Waals surface area contributed by atoms with Crippen molar-refractivity contribution in [3.05, 3.63) is 35.4 Å². The molecule has 2 aliphatic heterocycles. The number of benzene rings is 1. The van der Waals surface area contributed by atoms with E-state index in [1.165, 1.54) is 17.1 Å². The first-order valence-electron chi connectivity index (χ1n) is 7.74. The van der Waals surface area contributed by atoms with E-state index in [2.05, 4.69) is 22.3 Å². The maximum absolute atomic E-state index is 12.2. The van der Waals surface area contributed by atoms with Crippen LogP contribution in [-0.2, 0) is 4.74 Å². The molecule has 22 heavy (non-hydrogen) atoms. The number of hydrogen-bond acceptors (Lipinski definition) is 5. The van der Waals surface area contributed by atoms with Gasteiger partial charge in [-0.15, -0.1) is 23.5 Å². The number of hydrogen-bond donors (Lipinski definition) is 1. The summed E-state index contributed by atoms with van der Waals surface area (Å²) in [6.45, 7) is 5.10. The number of nitrogens with zero attached hydrogens (tertiary/aromatic N) is 1. The van der Waals surface area contributed by atoms with Gasteiger partial charge in [0.15, 0.2) is 0 Å². The van der Waals surface area contributed by atoms with E-state index in [1.54, 1.807) is 0 Å². The molecule has 0 atom stereocenters. The van der Waals surface area contributed by atoms with E-state index in [-0.39, 0.29) is 5.91 Å². The Labute approximate surface area is 140 Å². The molecule has 1 amide bonds. The van der Waals surface area contributed by atoms with E-state index >= 15 is 0 Å². The molecule has 0 saturated carbocycles. The van der Waals surface area contributed by atoms with Crippen LogP contribution in [0.15, 0.2) is 24.3 Å². The highest BCUT2D eigenvalue weighted by molar-refractivity contribution is 8.19. The summed E-state index contributed by atoms with van der Waals surface area (Å²) in [4.78, 5) is 14.5. The number of rotatable bonds is 5. The summed E-state index contributed by atoms with van der Waals surface area (Å²) < 4.78 is 5.86. The molecule has 0 aliphatic carbocycles. The molecule has 6 heteroatoms. The predicted molar refractivity (Wildman–Crippen MR) is 93.7 cm³/mol. The number of amides is 1. The van der Waals surface area contributed by atoms with E-state index in [0.717, 1.165) is 38.4 Å². The second kappa shape index (κ2) is 8.24. The minimum Gasteiger partial charge on any atom is -0.379 e. The van der Waals surface area contributed by atoms with E-state index in [1.807, 2.05) is 35.7 Å². The van der Waals surface area contributed by atoms with Crippen LogP contribution in [0.4, 0.5) is 0 Å². The minimum absolute atomic E-state index is 0.0199. The molecule has 2 saturated heterocycles. The molecule has 1 N–H and O–H groups in total. The van der Waals surface area contributed by atoms with Crippen molar-refractivity contribution in [3.63, 3.8) is 0 Å². The molecular formula is C16H22N2O2S2. The summed E-state index contributed by atoms with van der Waals surface area (Å²) in [5, 5.41) is 3.00. The van der Waals surface area contributed by atoms with Crippen molar-refractivity contribution in [1.82, 2.24) is 10.2 Å². The van der Waals surface area contributed by atoms with Crippen LogP contribution in [0.2, 0.25) is 0 Å². The van der Waals surface area contributed by atoms with Crippen LogP contribution in [-0.4, -0.2) is 61.7 Å². The van der Waals surface area contributed by atoms with Crippen LogP contribution in [0.25, 0.3) is 0 Å². The Balaban J connectivity index is 1.45. The molecule has 2 heterocycles. The second-order valence-electron chi connectivity index (χ2n) is 5.41. The number of thioether (sulfide) groups is 2. The Kier molecular flexibility index (Phi) is 6.06. The molecule has 3 rings (SSSR count). The third-order valence-corrected chi connectivity index (χ3v) is 6.99. The lowest BCUT2D eigenvalue weighted by Crippen LogP contribution is -2.41. The van der Waals surface area contributed by atoms with Gasteiger partial charge in [-0.05, 0) is 17.7 Å². The normalized spacial score (nSPS) is 20.2. The van der Waals surface area contributed by atoms with Gasteiger partial charge in [0.25, 0.3) is 5.91 Å². The third-order valence-electron chi connectivity index (χ3n) is 3.88. The number of nitrogens with one attached hydrogen (secondary N) is 1. The largest absolute Gasteiger partial charge is 0.379 e. The van der Waals surface area contributed by atoms with Crippen molar-refractivity contribution in [2.24, 2.45) is 0 Å². The summed E-state index contributed by atoms with van der Waals surface area (Å²) in [6.07, 6.45) is 0. The van der Waals surface area contributed by atoms with Crippen LogP contribution < -0.4 is 5.32 Å². The Morgan fingerprint density at radius 2 is 1.86 bits per heavy atom. The van der Waals surface area contributed by atoms with Gasteiger partial charge in [0.2, 0.25) is 0 Å². The first kappa shape index (κ1) is 16.2. The first-order chi connectivity index (χ1) is 10.8. The fraction of sp³-hybridized carbons (Fsp3) is 0.562. The molecule has 1 aromatic carbocycles. The van der Waals surface area contributed by atoms with Gasteiger partial charge < -0.3 is 10.1 Å². The van der Waals surface area contributed by atoms with Crippen molar-refractivity contribution in [2.75, 3.05) is 50.9 Å². The van der Waals surface area contributed by atoms with Crippen molar-refractivity contribution < 1.29 is 9.53 Å². The van der Waals surface area contributed by atoms with Crippen LogP contribution in [0.3, 0.4) is 0 Å². The number of ether oxygens (including phenoxy) is 1. The topological polar surface area (TPSA) is 41.6 Å². The summed E-state index contributed by atoms with van der Waals surface area (Å²) >= 11 is 3.97. The fourth-order valence-electron chi connectivity index (χ4n) is 2.60. The van der Waals surface area contributed by atoms with Gasteiger partial charge in [0, 0.05) is 43.2 Å². The van der Waals surface area contributed by atoms with Crippen molar-refractivity contribution in [2.45, 2.75) is 4.58 Å². The van der Waals surface area contributed by atoms with Gasteiger partial charge in [-0.3, -0.25) is 9.69 Å².